The minimum Gasteiger partial charge on any atom is -0.310 e. The molecule has 3 heterocycles. The number of nitrogens with one attached hydrogen (secondary N) is 1. The first-order valence-corrected chi connectivity index (χ1v) is 7.73. The first kappa shape index (κ1) is 11.7. The molecule has 0 spiro atoms. The van der Waals surface area contributed by atoms with Crippen LogP contribution < -0.4 is 5.32 Å². The summed E-state index contributed by atoms with van der Waals surface area (Å²) >= 11 is 1.80. The van der Waals surface area contributed by atoms with E-state index in [1.807, 2.05) is 0 Å². The number of piperidine rings is 2. The van der Waals surface area contributed by atoms with E-state index in [1.54, 1.807) is 11.3 Å². The Hall–Kier alpha value is -0.380. The van der Waals surface area contributed by atoms with Crippen molar-refractivity contribution in [3.63, 3.8) is 0 Å². The molecule has 0 aliphatic carbocycles. The quantitative estimate of drug-likeness (QED) is 0.887. The van der Waals surface area contributed by atoms with Gasteiger partial charge in [0.05, 0.1) is 0 Å². The lowest BCUT2D eigenvalue weighted by Crippen LogP contribution is -2.54. The van der Waals surface area contributed by atoms with Gasteiger partial charge in [0, 0.05) is 24.7 Å². The normalized spacial score (nSPS) is 33.8. The molecule has 0 saturated carbocycles. The molecular weight excluding hydrogens is 228 g/mol. The van der Waals surface area contributed by atoms with Crippen LogP contribution in [0.3, 0.4) is 0 Å². The SMILES string of the molecule is CN1C2CCCC1CC(NCc1ccsc1)C2. The summed E-state index contributed by atoms with van der Waals surface area (Å²) in [6.07, 6.45) is 6.94. The first-order chi connectivity index (χ1) is 8.33. The fourth-order valence-corrected chi connectivity index (χ4v) is 4.11. The molecule has 2 atom stereocenters. The van der Waals surface area contributed by atoms with E-state index in [2.05, 4.69) is 34.1 Å². The lowest BCUT2D eigenvalue weighted by molar-refractivity contribution is 0.0482. The average Bonchev–Trinajstić information content (AvgIpc) is 2.79. The molecule has 2 aliphatic rings. The molecule has 17 heavy (non-hydrogen) atoms. The molecule has 2 unspecified atom stereocenters. The fraction of sp³-hybridized carbons (Fsp3) is 0.714. The Morgan fingerprint density at radius 2 is 2.12 bits per heavy atom. The van der Waals surface area contributed by atoms with Crippen molar-refractivity contribution in [2.24, 2.45) is 0 Å². The van der Waals surface area contributed by atoms with Crippen LogP contribution in [-0.4, -0.2) is 30.1 Å². The van der Waals surface area contributed by atoms with Crippen LogP contribution in [0.2, 0.25) is 0 Å². The minimum atomic E-state index is 0.737. The van der Waals surface area contributed by atoms with Crippen molar-refractivity contribution >= 4 is 11.3 Å². The predicted molar refractivity (Wildman–Crippen MR) is 73.4 cm³/mol. The summed E-state index contributed by atoms with van der Waals surface area (Å²) in [6.45, 7) is 1.05. The van der Waals surface area contributed by atoms with Crippen molar-refractivity contribution < 1.29 is 0 Å². The standard InChI is InChI=1S/C14H22N2S/c1-16-13-3-2-4-14(16)8-12(7-13)15-9-11-5-6-17-10-11/h5-6,10,12-15H,2-4,7-9H2,1H3. The van der Waals surface area contributed by atoms with Crippen LogP contribution in [0.5, 0.6) is 0 Å². The van der Waals surface area contributed by atoms with Gasteiger partial charge in [-0.1, -0.05) is 6.42 Å². The molecule has 2 fully saturated rings. The largest absolute Gasteiger partial charge is 0.310 e. The van der Waals surface area contributed by atoms with E-state index in [0.717, 1.165) is 24.7 Å². The molecular formula is C14H22N2S. The summed E-state index contributed by atoms with van der Waals surface area (Å²) in [5.41, 5.74) is 1.44. The first-order valence-electron chi connectivity index (χ1n) is 6.79. The van der Waals surface area contributed by atoms with Crippen molar-refractivity contribution in [3.05, 3.63) is 22.4 Å². The molecule has 1 N–H and O–H groups in total. The van der Waals surface area contributed by atoms with Crippen molar-refractivity contribution in [2.75, 3.05) is 7.05 Å². The second-order valence-corrected chi connectivity index (χ2v) is 6.36. The monoisotopic (exact) mass is 250 g/mol. The molecule has 94 valence electrons. The smallest absolute Gasteiger partial charge is 0.0216 e. The molecule has 0 aromatic carbocycles. The van der Waals surface area contributed by atoms with Gasteiger partial charge in [-0.2, -0.15) is 11.3 Å². The van der Waals surface area contributed by atoms with Crippen LogP contribution in [0.1, 0.15) is 37.7 Å². The van der Waals surface area contributed by atoms with Crippen molar-refractivity contribution in [1.29, 1.82) is 0 Å². The average molecular weight is 250 g/mol. The van der Waals surface area contributed by atoms with E-state index in [4.69, 9.17) is 0 Å². The third-order valence-corrected chi connectivity index (χ3v) is 5.25. The topological polar surface area (TPSA) is 15.3 Å². The second-order valence-electron chi connectivity index (χ2n) is 5.58. The lowest BCUT2D eigenvalue weighted by Gasteiger charge is -2.47. The zero-order valence-corrected chi connectivity index (χ0v) is 11.4. The molecule has 2 saturated heterocycles. The third kappa shape index (κ3) is 2.56. The predicted octanol–water partition coefficient (Wildman–Crippen LogP) is 2.85. The van der Waals surface area contributed by atoms with Gasteiger partial charge in [-0.05, 0) is 55.1 Å². The van der Waals surface area contributed by atoms with E-state index in [9.17, 15) is 0 Å². The maximum absolute atomic E-state index is 3.75. The van der Waals surface area contributed by atoms with Gasteiger partial charge in [-0.3, -0.25) is 0 Å². The van der Waals surface area contributed by atoms with E-state index < -0.39 is 0 Å². The highest BCUT2D eigenvalue weighted by Crippen LogP contribution is 2.32. The molecule has 2 nitrogen and oxygen atoms in total. The number of rotatable bonds is 3. The zero-order chi connectivity index (χ0) is 11.7. The van der Waals surface area contributed by atoms with E-state index in [-0.39, 0.29) is 0 Å². The summed E-state index contributed by atoms with van der Waals surface area (Å²) in [7, 11) is 2.32. The number of hydrogen-bond donors (Lipinski definition) is 1. The van der Waals surface area contributed by atoms with Gasteiger partial charge in [-0.15, -0.1) is 0 Å². The summed E-state index contributed by atoms with van der Waals surface area (Å²) in [5.74, 6) is 0. The van der Waals surface area contributed by atoms with Crippen molar-refractivity contribution in [2.45, 2.75) is 56.8 Å². The van der Waals surface area contributed by atoms with Crippen LogP contribution in [0.15, 0.2) is 16.8 Å². The van der Waals surface area contributed by atoms with Crippen LogP contribution in [0.4, 0.5) is 0 Å². The maximum atomic E-state index is 3.75. The van der Waals surface area contributed by atoms with Crippen LogP contribution in [0.25, 0.3) is 0 Å². The van der Waals surface area contributed by atoms with E-state index >= 15 is 0 Å². The summed E-state index contributed by atoms with van der Waals surface area (Å²) in [5, 5.41) is 8.17. The van der Waals surface area contributed by atoms with Crippen LogP contribution >= 0.6 is 11.3 Å². The third-order valence-electron chi connectivity index (χ3n) is 4.51. The van der Waals surface area contributed by atoms with Crippen molar-refractivity contribution in [3.8, 4) is 0 Å². The molecule has 2 aliphatic heterocycles. The highest BCUT2D eigenvalue weighted by Gasteiger charge is 2.35. The molecule has 1 aromatic rings. The number of hydrogen-bond acceptors (Lipinski definition) is 3. The Kier molecular flexibility index (Phi) is 3.50. The van der Waals surface area contributed by atoms with Gasteiger partial charge < -0.3 is 10.2 Å². The van der Waals surface area contributed by atoms with Gasteiger partial charge in [-0.25, -0.2) is 0 Å². The molecule has 2 bridgehead atoms. The number of fused-ring (bicyclic) bond motifs is 2. The van der Waals surface area contributed by atoms with Crippen LogP contribution in [0, 0.1) is 0 Å². The summed E-state index contributed by atoms with van der Waals surface area (Å²) < 4.78 is 0. The fourth-order valence-electron chi connectivity index (χ4n) is 3.44. The Balaban J connectivity index is 1.55. The minimum absolute atomic E-state index is 0.737. The number of nitrogens with zero attached hydrogens (tertiary/aromatic N) is 1. The highest BCUT2D eigenvalue weighted by molar-refractivity contribution is 7.07. The summed E-state index contributed by atoms with van der Waals surface area (Å²) in [6, 6.07) is 4.64. The summed E-state index contributed by atoms with van der Waals surface area (Å²) in [4.78, 5) is 2.63. The van der Waals surface area contributed by atoms with Crippen LogP contribution in [-0.2, 0) is 6.54 Å². The van der Waals surface area contributed by atoms with Gasteiger partial charge in [0.1, 0.15) is 0 Å². The molecule has 0 amide bonds. The Bertz CT molecular complexity index is 335. The molecule has 1 aromatic heterocycles. The van der Waals surface area contributed by atoms with E-state index in [1.165, 1.54) is 37.7 Å². The Morgan fingerprint density at radius 3 is 2.76 bits per heavy atom. The second kappa shape index (κ2) is 5.09. The Labute approximate surface area is 108 Å². The highest BCUT2D eigenvalue weighted by atomic mass is 32.1. The van der Waals surface area contributed by atoms with Gasteiger partial charge in [0.2, 0.25) is 0 Å². The van der Waals surface area contributed by atoms with Gasteiger partial charge in [0.25, 0.3) is 0 Å². The molecule has 3 heteroatoms. The molecule has 3 rings (SSSR count). The van der Waals surface area contributed by atoms with E-state index in [0.29, 0.717) is 0 Å². The molecule has 0 radical (unpaired) electrons. The Morgan fingerprint density at radius 1 is 1.35 bits per heavy atom. The maximum Gasteiger partial charge on any atom is 0.0216 e. The van der Waals surface area contributed by atoms with Crippen molar-refractivity contribution in [1.82, 2.24) is 10.2 Å². The van der Waals surface area contributed by atoms with Gasteiger partial charge in [0.15, 0.2) is 0 Å². The van der Waals surface area contributed by atoms with Gasteiger partial charge >= 0.3 is 0 Å². The lowest BCUT2D eigenvalue weighted by atomic mass is 9.82. The number of thiophene rings is 1. The zero-order valence-electron chi connectivity index (χ0n) is 10.6.